The Kier molecular flexibility index (Phi) is 4.82. The minimum atomic E-state index is 0.147. The molecule has 2 unspecified atom stereocenters. The van der Waals surface area contributed by atoms with Crippen LogP contribution in [0.25, 0.3) is 0 Å². The van der Waals surface area contributed by atoms with E-state index >= 15 is 0 Å². The summed E-state index contributed by atoms with van der Waals surface area (Å²) in [6, 6.07) is 4.98. The third-order valence-electron chi connectivity index (χ3n) is 3.38. The average Bonchev–Trinajstić information content (AvgIpc) is 2.88. The summed E-state index contributed by atoms with van der Waals surface area (Å²) in [5, 5.41) is 8.69. The Labute approximate surface area is 114 Å². The average molecular weight is 263 g/mol. The quantitative estimate of drug-likeness (QED) is 0.848. The Morgan fingerprint density at radius 2 is 2.28 bits per heavy atom. The molecule has 3 heteroatoms. The van der Waals surface area contributed by atoms with Gasteiger partial charge in [0.05, 0.1) is 11.5 Å². The predicted molar refractivity (Wildman–Crippen MR) is 76.6 cm³/mol. The fraction of sp³-hybridized carbons (Fsp3) is 0.600. The first-order valence-electron chi connectivity index (χ1n) is 6.61. The number of rotatable bonds is 3. The zero-order valence-electron chi connectivity index (χ0n) is 11.1. The van der Waals surface area contributed by atoms with Crippen molar-refractivity contribution in [3.63, 3.8) is 0 Å². The van der Waals surface area contributed by atoms with Crippen molar-refractivity contribution in [2.24, 2.45) is 5.92 Å². The van der Waals surface area contributed by atoms with Crippen molar-refractivity contribution < 1.29 is 5.11 Å². The third kappa shape index (κ3) is 3.58. The molecule has 1 aromatic heterocycles. The first kappa shape index (κ1) is 13.6. The maximum atomic E-state index is 8.69. The maximum absolute atomic E-state index is 8.69. The van der Waals surface area contributed by atoms with Crippen LogP contribution in [0.1, 0.15) is 36.4 Å². The second-order valence-electron chi connectivity index (χ2n) is 5.16. The van der Waals surface area contributed by atoms with Crippen molar-refractivity contribution >= 4 is 11.3 Å². The maximum Gasteiger partial charge on any atom is 0.0771 e. The van der Waals surface area contributed by atoms with Gasteiger partial charge in [-0.05, 0) is 31.4 Å². The highest BCUT2D eigenvalue weighted by molar-refractivity contribution is 7.12. The molecule has 0 bridgehead atoms. The number of hydrogen-bond donors (Lipinski definition) is 1. The van der Waals surface area contributed by atoms with Crippen molar-refractivity contribution in [3.8, 4) is 11.8 Å². The molecule has 1 N–H and O–H groups in total. The van der Waals surface area contributed by atoms with Crippen LogP contribution in [0.15, 0.2) is 12.1 Å². The Morgan fingerprint density at radius 3 is 2.94 bits per heavy atom. The van der Waals surface area contributed by atoms with Crippen LogP contribution in [0.4, 0.5) is 0 Å². The summed E-state index contributed by atoms with van der Waals surface area (Å²) in [5.41, 5.74) is 0. The fourth-order valence-electron chi connectivity index (χ4n) is 2.54. The lowest BCUT2D eigenvalue weighted by Crippen LogP contribution is -2.25. The molecule has 18 heavy (non-hydrogen) atoms. The highest BCUT2D eigenvalue weighted by Crippen LogP contribution is 2.26. The summed E-state index contributed by atoms with van der Waals surface area (Å²) in [6.45, 7) is 7.06. The summed E-state index contributed by atoms with van der Waals surface area (Å²) < 4.78 is 0. The van der Waals surface area contributed by atoms with Crippen molar-refractivity contribution in [2.75, 3.05) is 13.2 Å². The molecule has 0 spiro atoms. The van der Waals surface area contributed by atoms with Gasteiger partial charge in [0, 0.05) is 30.4 Å². The van der Waals surface area contributed by atoms with E-state index in [9.17, 15) is 0 Å². The monoisotopic (exact) mass is 263 g/mol. The molecule has 1 fully saturated rings. The third-order valence-corrected chi connectivity index (χ3v) is 4.37. The van der Waals surface area contributed by atoms with Gasteiger partial charge in [0.15, 0.2) is 0 Å². The van der Waals surface area contributed by atoms with Crippen LogP contribution in [-0.2, 0) is 6.54 Å². The lowest BCUT2D eigenvalue weighted by Gasteiger charge is -2.19. The standard InChI is InChI=1S/C15H21NOS/c1-12-9-13(2)16(10-12)11-15-7-6-14(18-15)5-3-4-8-17/h6-7,12-13,17H,4,8-11H2,1-2H3. The molecule has 2 rings (SSSR count). The topological polar surface area (TPSA) is 23.5 Å². The highest BCUT2D eigenvalue weighted by Gasteiger charge is 2.25. The van der Waals surface area contributed by atoms with Crippen LogP contribution in [0.2, 0.25) is 0 Å². The van der Waals surface area contributed by atoms with Crippen LogP contribution < -0.4 is 0 Å². The largest absolute Gasteiger partial charge is 0.395 e. The second-order valence-corrected chi connectivity index (χ2v) is 6.33. The van der Waals surface area contributed by atoms with Crippen LogP contribution in [0.5, 0.6) is 0 Å². The van der Waals surface area contributed by atoms with E-state index in [0.29, 0.717) is 12.5 Å². The van der Waals surface area contributed by atoms with Gasteiger partial charge in [-0.2, -0.15) is 0 Å². The minimum absolute atomic E-state index is 0.147. The summed E-state index contributed by atoms with van der Waals surface area (Å²) in [7, 11) is 0. The lowest BCUT2D eigenvalue weighted by molar-refractivity contribution is 0.259. The molecule has 0 aliphatic carbocycles. The molecule has 1 aromatic rings. The van der Waals surface area contributed by atoms with Crippen molar-refractivity contribution in [2.45, 2.75) is 39.3 Å². The van der Waals surface area contributed by atoms with Crippen molar-refractivity contribution in [1.29, 1.82) is 0 Å². The van der Waals surface area contributed by atoms with Crippen molar-refractivity contribution in [1.82, 2.24) is 4.90 Å². The number of hydrogen-bond acceptors (Lipinski definition) is 3. The number of aliphatic hydroxyl groups excluding tert-OH is 1. The molecular formula is C15H21NOS. The fourth-order valence-corrected chi connectivity index (χ4v) is 3.45. The van der Waals surface area contributed by atoms with E-state index in [1.165, 1.54) is 17.8 Å². The zero-order chi connectivity index (χ0) is 13.0. The van der Waals surface area contributed by atoms with Crippen LogP contribution in [0.3, 0.4) is 0 Å². The van der Waals surface area contributed by atoms with E-state index in [1.807, 2.05) is 0 Å². The first-order valence-corrected chi connectivity index (χ1v) is 7.43. The molecule has 0 saturated carbocycles. The molecule has 1 saturated heterocycles. The predicted octanol–water partition coefficient (Wildman–Crippen LogP) is 2.71. The van der Waals surface area contributed by atoms with Gasteiger partial charge in [0.2, 0.25) is 0 Å². The summed E-state index contributed by atoms with van der Waals surface area (Å²) in [5.74, 6) is 6.89. The Morgan fingerprint density at radius 1 is 1.44 bits per heavy atom. The Bertz CT molecular complexity index is 443. The molecule has 98 valence electrons. The van der Waals surface area contributed by atoms with Gasteiger partial charge >= 0.3 is 0 Å². The highest BCUT2D eigenvalue weighted by atomic mass is 32.1. The molecule has 2 heterocycles. The smallest absolute Gasteiger partial charge is 0.0771 e. The molecule has 2 nitrogen and oxygen atoms in total. The first-order chi connectivity index (χ1) is 8.69. The number of aliphatic hydroxyl groups is 1. The van der Waals surface area contributed by atoms with Gasteiger partial charge < -0.3 is 5.11 Å². The SMILES string of the molecule is CC1CC(C)N(Cc2ccc(C#CCCO)s2)C1. The summed E-state index contributed by atoms with van der Waals surface area (Å²) in [4.78, 5) is 5.06. The summed E-state index contributed by atoms with van der Waals surface area (Å²) in [6.07, 6.45) is 1.88. The lowest BCUT2D eigenvalue weighted by atomic mass is 10.1. The van der Waals surface area contributed by atoms with Crippen LogP contribution in [-0.4, -0.2) is 29.2 Å². The molecule has 0 radical (unpaired) electrons. The molecule has 0 amide bonds. The molecule has 1 aliphatic heterocycles. The normalized spacial score (nSPS) is 23.9. The number of likely N-dealkylation sites (tertiary alicyclic amines) is 1. The second kappa shape index (κ2) is 6.38. The minimum Gasteiger partial charge on any atom is -0.395 e. The number of thiophene rings is 1. The summed E-state index contributed by atoms with van der Waals surface area (Å²) >= 11 is 1.78. The Balaban J connectivity index is 1.93. The van der Waals surface area contributed by atoms with Gasteiger partial charge in [0.25, 0.3) is 0 Å². The van der Waals surface area contributed by atoms with Gasteiger partial charge in [-0.25, -0.2) is 0 Å². The van der Waals surface area contributed by atoms with E-state index in [1.54, 1.807) is 11.3 Å². The van der Waals surface area contributed by atoms with E-state index in [0.717, 1.165) is 17.3 Å². The van der Waals surface area contributed by atoms with Crippen LogP contribution >= 0.6 is 11.3 Å². The zero-order valence-corrected chi connectivity index (χ0v) is 12.0. The molecule has 2 atom stereocenters. The van der Waals surface area contributed by atoms with Gasteiger partial charge in [0.1, 0.15) is 0 Å². The van der Waals surface area contributed by atoms with Crippen molar-refractivity contribution in [3.05, 3.63) is 21.9 Å². The van der Waals surface area contributed by atoms with E-state index in [4.69, 9.17) is 5.11 Å². The van der Waals surface area contributed by atoms with E-state index in [2.05, 4.69) is 42.7 Å². The van der Waals surface area contributed by atoms with Gasteiger partial charge in [-0.15, -0.1) is 11.3 Å². The van der Waals surface area contributed by atoms with Gasteiger partial charge in [-0.3, -0.25) is 4.90 Å². The Hall–Kier alpha value is -0.820. The number of nitrogens with zero attached hydrogens (tertiary/aromatic N) is 1. The molecule has 0 aromatic carbocycles. The van der Waals surface area contributed by atoms with E-state index in [-0.39, 0.29) is 6.61 Å². The molecular weight excluding hydrogens is 242 g/mol. The van der Waals surface area contributed by atoms with E-state index < -0.39 is 0 Å². The van der Waals surface area contributed by atoms with Crippen LogP contribution in [0, 0.1) is 17.8 Å². The molecule has 1 aliphatic rings. The van der Waals surface area contributed by atoms with Gasteiger partial charge in [-0.1, -0.05) is 18.8 Å².